The molecule has 0 spiro atoms. The first-order valence-electron chi connectivity index (χ1n) is 5.19. The maximum atomic E-state index is 11.2. The summed E-state index contributed by atoms with van der Waals surface area (Å²) in [6, 6.07) is 5.34. The first kappa shape index (κ1) is 12.1. The van der Waals surface area contributed by atoms with Crippen molar-refractivity contribution >= 4 is 28.8 Å². The molecule has 0 atom stereocenters. The molecule has 4 nitrogen and oxygen atoms in total. The summed E-state index contributed by atoms with van der Waals surface area (Å²) in [7, 11) is 0. The number of anilines is 1. The Morgan fingerprint density at radius 2 is 2.35 bits per heavy atom. The van der Waals surface area contributed by atoms with Crippen LogP contribution < -0.4 is 10.9 Å². The van der Waals surface area contributed by atoms with Gasteiger partial charge >= 0.3 is 0 Å². The molecule has 0 saturated carbocycles. The van der Waals surface area contributed by atoms with Crippen molar-refractivity contribution in [2.24, 2.45) is 0 Å². The lowest BCUT2D eigenvalue weighted by molar-refractivity contribution is 0.978. The number of nitrogens with one attached hydrogen (secondary N) is 2. The van der Waals surface area contributed by atoms with Crippen LogP contribution in [0.15, 0.2) is 23.0 Å². The largest absolute Gasteiger partial charge is 0.369 e. The quantitative estimate of drug-likeness (QED) is 0.896. The predicted molar refractivity (Wildman–Crippen MR) is 71.1 cm³/mol. The molecule has 0 aliphatic heterocycles. The van der Waals surface area contributed by atoms with Gasteiger partial charge in [-0.25, -0.2) is 4.98 Å². The Morgan fingerprint density at radius 3 is 3.00 bits per heavy atom. The minimum atomic E-state index is -0.140. The summed E-state index contributed by atoms with van der Waals surface area (Å²) in [6.07, 6.45) is 0.866. The summed E-state index contributed by atoms with van der Waals surface area (Å²) in [4.78, 5) is 19.2. The van der Waals surface area contributed by atoms with E-state index in [9.17, 15) is 4.79 Å². The Kier molecular flexibility index (Phi) is 3.81. The molecule has 0 fully saturated rings. The highest BCUT2D eigenvalue weighted by atomic mass is 35.5. The topological polar surface area (TPSA) is 57.8 Å². The Balaban J connectivity index is 1.92. The number of halogens is 1. The maximum Gasteiger partial charge on any atom is 0.252 e. The van der Waals surface area contributed by atoms with Gasteiger partial charge in [0.05, 0.1) is 4.34 Å². The molecule has 0 aliphatic rings. The van der Waals surface area contributed by atoms with E-state index in [4.69, 9.17) is 11.6 Å². The Bertz CT molecular complexity index is 564. The lowest BCUT2D eigenvalue weighted by Crippen LogP contribution is -2.13. The zero-order chi connectivity index (χ0) is 12.3. The molecular weight excluding hydrogens is 258 g/mol. The summed E-state index contributed by atoms with van der Waals surface area (Å²) in [6.45, 7) is 2.48. The predicted octanol–water partition coefficient (Wildman–Crippen LogP) is 2.45. The lowest BCUT2D eigenvalue weighted by atomic mass is 10.3. The van der Waals surface area contributed by atoms with E-state index in [0.717, 1.165) is 17.3 Å². The highest BCUT2D eigenvalue weighted by Crippen LogP contribution is 2.21. The summed E-state index contributed by atoms with van der Waals surface area (Å²) >= 11 is 7.40. The first-order chi connectivity index (χ1) is 8.13. The molecule has 0 amide bonds. The minimum absolute atomic E-state index is 0.140. The molecule has 0 unspecified atom stereocenters. The first-order valence-corrected chi connectivity index (χ1v) is 6.39. The fraction of sp³-hybridized carbons (Fsp3) is 0.273. The smallest absolute Gasteiger partial charge is 0.252 e. The van der Waals surface area contributed by atoms with E-state index in [1.54, 1.807) is 18.3 Å². The van der Waals surface area contributed by atoms with Gasteiger partial charge in [0.25, 0.3) is 5.56 Å². The van der Waals surface area contributed by atoms with Crippen molar-refractivity contribution in [3.8, 4) is 0 Å². The van der Waals surface area contributed by atoms with Crippen LogP contribution in [-0.4, -0.2) is 16.5 Å². The van der Waals surface area contributed by atoms with Crippen molar-refractivity contribution in [1.29, 1.82) is 0 Å². The molecule has 0 saturated heterocycles. The second-order valence-electron chi connectivity index (χ2n) is 3.60. The highest BCUT2D eigenvalue weighted by Gasteiger charge is 2.00. The van der Waals surface area contributed by atoms with Gasteiger partial charge in [-0.2, -0.15) is 0 Å². The Morgan fingerprint density at radius 1 is 1.53 bits per heavy atom. The number of aryl methyl sites for hydroxylation is 1. The van der Waals surface area contributed by atoms with Gasteiger partial charge in [0.1, 0.15) is 11.6 Å². The van der Waals surface area contributed by atoms with Crippen molar-refractivity contribution in [2.75, 3.05) is 11.9 Å². The van der Waals surface area contributed by atoms with Gasteiger partial charge in [0.15, 0.2) is 0 Å². The van der Waals surface area contributed by atoms with E-state index in [-0.39, 0.29) is 5.56 Å². The third kappa shape index (κ3) is 3.57. The van der Waals surface area contributed by atoms with Crippen LogP contribution in [0, 0.1) is 6.92 Å². The van der Waals surface area contributed by atoms with Crippen LogP contribution in [0.4, 0.5) is 5.82 Å². The molecule has 2 rings (SSSR count). The summed E-state index contributed by atoms with van der Waals surface area (Å²) in [5.41, 5.74) is -0.140. The van der Waals surface area contributed by atoms with Gasteiger partial charge in [-0.05, 0) is 25.5 Å². The second kappa shape index (κ2) is 5.33. The van der Waals surface area contributed by atoms with Gasteiger partial charge < -0.3 is 10.3 Å². The lowest BCUT2D eigenvalue weighted by Gasteiger charge is -2.04. The Labute approximate surface area is 108 Å². The van der Waals surface area contributed by atoms with Gasteiger partial charge in [-0.1, -0.05) is 11.6 Å². The fourth-order valence-corrected chi connectivity index (χ4v) is 2.56. The molecule has 2 aromatic heterocycles. The van der Waals surface area contributed by atoms with E-state index in [2.05, 4.69) is 15.3 Å². The van der Waals surface area contributed by atoms with Crippen LogP contribution in [0.2, 0.25) is 4.34 Å². The monoisotopic (exact) mass is 269 g/mol. The number of hydrogen-bond acceptors (Lipinski definition) is 4. The van der Waals surface area contributed by atoms with Gasteiger partial charge in [0, 0.05) is 17.5 Å². The molecule has 0 aromatic carbocycles. The zero-order valence-corrected chi connectivity index (χ0v) is 10.9. The maximum absolute atomic E-state index is 11.2. The average molecular weight is 270 g/mol. The minimum Gasteiger partial charge on any atom is -0.369 e. The van der Waals surface area contributed by atoms with E-state index in [0.29, 0.717) is 11.6 Å². The van der Waals surface area contributed by atoms with Crippen molar-refractivity contribution in [1.82, 2.24) is 9.97 Å². The zero-order valence-electron chi connectivity index (χ0n) is 9.29. The molecule has 2 aromatic rings. The Hall–Kier alpha value is -1.33. The number of thiophene rings is 1. The molecule has 0 aliphatic carbocycles. The van der Waals surface area contributed by atoms with Crippen LogP contribution >= 0.6 is 22.9 Å². The average Bonchev–Trinajstić information content (AvgIpc) is 2.63. The van der Waals surface area contributed by atoms with E-state index in [1.165, 1.54) is 10.9 Å². The van der Waals surface area contributed by atoms with Crippen LogP contribution in [0.5, 0.6) is 0 Å². The van der Waals surface area contributed by atoms with E-state index < -0.39 is 0 Å². The van der Waals surface area contributed by atoms with Crippen LogP contribution in [0.1, 0.15) is 10.7 Å². The molecule has 17 heavy (non-hydrogen) atoms. The second-order valence-corrected chi connectivity index (χ2v) is 5.40. The fourth-order valence-electron chi connectivity index (χ4n) is 1.47. The summed E-state index contributed by atoms with van der Waals surface area (Å²) in [5, 5.41) is 3.12. The molecule has 0 radical (unpaired) electrons. The molecule has 2 N–H and O–H groups in total. The van der Waals surface area contributed by atoms with Crippen LogP contribution in [-0.2, 0) is 6.42 Å². The molecule has 0 bridgehead atoms. The van der Waals surface area contributed by atoms with Crippen molar-refractivity contribution in [3.63, 3.8) is 0 Å². The SMILES string of the molecule is Cc1nc(NCCc2ccc(Cl)s2)cc(=O)[nH]1. The molecule has 6 heteroatoms. The highest BCUT2D eigenvalue weighted by molar-refractivity contribution is 7.16. The van der Waals surface area contributed by atoms with Crippen molar-refractivity contribution in [2.45, 2.75) is 13.3 Å². The number of aromatic nitrogens is 2. The molecule has 2 heterocycles. The normalized spacial score (nSPS) is 10.5. The number of H-pyrrole nitrogens is 1. The van der Waals surface area contributed by atoms with E-state index >= 15 is 0 Å². The number of hydrogen-bond donors (Lipinski definition) is 2. The van der Waals surface area contributed by atoms with Crippen LogP contribution in [0.3, 0.4) is 0 Å². The molecule has 90 valence electrons. The third-order valence-corrected chi connectivity index (χ3v) is 3.46. The summed E-state index contributed by atoms with van der Waals surface area (Å²) < 4.78 is 0.796. The van der Waals surface area contributed by atoms with Gasteiger partial charge in [-0.15, -0.1) is 11.3 Å². The number of nitrogens with zero attached hydrogens (tertiary/aromatic N) is 1. The van der Waals surface area contributed by atoms with Gasteiger partial charge in [-0.3, -0.25) is 4.79 Å². The standard InChI is InChI=1S/C11H12ClN3OS/c1-7-14-10(6-11(16)15-7)13-5-4-8-2-3-9(12)17-8/h2-3,6H,4-5H2,1H3,(H2,13,14,15,16). The number of aromatic amines is 1. The van der Waals surface area contributed by atoms with Gasteiger partial charge in [0.2, 0.25) is 0 Å². The third-order valence-electron chi connectivity index (χ3n) is 2.17. The molecular formula is C11H12ClN3OS. The van der Waals surface area contributed by atoms with Crippen LogP contribution in [0.25, 0.3) is 0 Å². The van der Waals surface area contributed by atoms with E-state index in [1.807, 2.05) is 12.1 Å². The van der Waals surface area contributed by atoms with Crippen molar-refractivity contribution < 1.29 is 0 Å². The summed E-state index contributed by atoms with van der Waals surface area (Å²) in [5.74, 6) is 1.22. The number of rotatable bonds is 4. The van der Waals surface area contributed by atoms with Crippen molar-refractivity contribution in [3.05, 3.63) is 43.6 Å².